The first-order valence-corrected chi connectivity index (χ1v) is 7.88. The van der Waals surface area contributed by atoms with Gasteiger partial charge in [-0.2, -0.15) is 4.57 Å². The lowest BCUT2D eigenvalue weighted by Crippen LogP contribution is -2.51. The van der Waals surface area contributed by atoms with E-state index in [9.17, 15) is 0 Å². The van der Waals surface area contributed by atoms with Gasteiger partial charge >= 0.3 is 0 Å². The molecule has 0 bridgehead atoms. The van der Waals surface area contributed by atoms with Crippen LogP contribution in [-0.2, 0) is 5.54 Å². The zero-order chi connectivity index (χ0) is 15.9. The van der Waals surface area contributed by atoms with Crippen molar-refractivity contribution >= 4 is 11.0 Å². The number of fused-ring (bicyclic) bond motifs is 1. The molecular formula is C19H24N3+. The Morgan fingerprint density at radius 3 is 2.36 bits per heavy atom. The molecule has 2 aromatic heterocycles. The third-order valence-electron chi connectivity index (χ3n) is 3.92. The molecule has 0 saturated carbocycles. The van der Waals surface area contributed by atoms with E-state index < -0.39 is 0 Å². The summed E-state index contributed by atoms with van der Waals surface area (Å²) in [6, 6.07) is 15.0. The van der Waals surface area contributed by atoms with Crippen molar-refractivity contribution < 1.29 is 4.57 Å². The zero-order valence-corrected chi connectivity index (χ0v) is 14.0. The predicted molar refractivity (Wildman–Crippen MR) is 90.7 cm³/mol. The van der Waals surface area contributed by atoms with Crippen molar-refractivity contribution in [3.8, 4) is 11.5 Å². The maximum Gasteiger partial charge on any atom is 0.249 e. The molecule has 114 valence electrons. The highest BCUT2D eigenvalue weighted by atomic mass is 15.1. The highest BCUT2D eigenvalue weighted by molar-refractivity contribution is 5.79. The van der Waals surface area contributed by atoms with Crippen LogP contribution in [0.2, 0.25) is 0 Å². The number of benzene rings is 1. The van der Waals surface area contributed by atoms with Gasteiger partial charge in [0.2, 0.25) is 11.5 Å². The predicted octanol–water partition coefficient (Wildman–Crippen LogP) is 4.33. The number of nitrogens with zero attached hydrogens (tertiary/aromatic N) is 3. The molecule has 0 amide bonds. The largest absolute Gasteiger partial charge is 0.316 e. The first-order valence-electron chi connectivity index (χ1n) is 7.88. The molecule has 2 heterocycles. The van der Waals surface area contributed by atoms with Gasteiger partial charge in [-0.05, 0) is 32.0 Å². The Hall–Kier alpha value is -2.16. The summed E-state index contributed by atoms with van der Waals surface area (Å²) in [5.41, 5.74) is 3.41. The van der Waals surface area contributed by atoms with Crippen LogP contribution >= 0.6 is 0 Å². The van der Waals surface area contributed by atoms with Crippen molar-refractivity contribution in [2.24, 2.45) is 0 Å². The molecule has 3 heteroatoms. The van der Waals surface area contributed by atoms with Crippen LogP contribution in [0.15, 0.2) is 48.7 Å². The summed E-state index contributed by atoms with van der Waals surface area (Å²) in [6.07, 6.45) is 2.14. The lowest BCUT2D eigenvalue weighted by molar-refractivity contribution is -0.744. The van der Waals surface area contributed by atoms with Crippen LogP contribution in [0, 0.1) is 0 Å². The number of rotatable bonds is 2. The molecule has 0 radical (unpaired) electrons. The first-order chi connectivity index (χ1) is 10.4. The van der Waals surface area contributed by atoms with Crippen LogP contribution in [0.1, 0.15) is 40.7 Å². The summed E-state index contributed by atoms with van der Waals surface area (Å²) >= 11 is 0. The molecule has 0 aliphatic rings. The third kappa shape index (κ3) is 2.41. The van der Waals surface area contributed by atoms with Gasteiger partial charge in [0, 0.05) is 38.9 Å². The minimum atomic E-state index is 0.0105. The average molecular weight is 294 g/mol. The van der Waals surface area contributed by atoms with Gasteiger partial charge < -0.3 is 4.57 Å². The Balaban J connectivity index is 2.34. The molecular weight excluding hydrogens is 270 g/mol. The van der Waals surface area contributed by atoms with Gasteiger partial charge in [-0.25, -0.2) is 4.98 Å². The van der Waals surface area contributed by atoms with Crippen molar-refractivity contribution in [1.29, 1.82) is 0 Å². The van der Waals surface area contributed by atoms with Crippen LogP contribution in [0.5, 0.6) is 0 Å². The maximum absolute atomic E-state index is 4.92. The summed E-state index contributed by atoms with van der Waals surface area (Å²) in [7, 11) is 0. The third-order valence-corrected chi connectivity index (χ3v) is 3.92. The van der Waals surface area contributed by atoms with Crippen LogP contribution in [-0.4, -0.2) is 9.55 Å². The van der Waals surface area contributed by atoms with Crippen LogP contribution in [0.25, 0.3) is 22.6 Å². The molecule has 3 rings (SSSR count). The van der Waals surface area contributed by atoms with Crippen LogP contribution < -0.4 is 4.57 Å². The van der Waals surface area contributed by atoms with Gasteiger partial charge in [0.05, 0.1) is 11.0 Å². The Morgan fingerprint density at radius 2 is 1.68 bits per heavy atom. The number of pyridine rings is 1. The van der Waals surface area contributed by atoms with Gasteiger partial charge in [0.1, 0.15) is 0 Å². The topological polar surface area (TPSA) is 21.7 Å². The number of aromatic nitrogens is 3. The van der Waals surface area contributed by atoms with E-state index in [0.29, 0.717) is 6.04 Å². The van der Waals surface area contributed by atoms with Crippen molar-refractivity contribution in [1.82, 2.24) is 9.55 Å². The number of hydrogen-bond donors (Lipinski definition) is 0. The standard InChI is InChI=1S/C19H24N3/c1-14(2)22-16-11-7-6-10-15(16)20-18(22)17-12-8-9-13-21(17)19(3,4)5/h6-14H,1-5H3/q+1. The van der Waals surface area contributed by atoms with E-state index in [1.165, 1.54) is 5.52 Å². The lowest BCUT2D eigenvalue weighted by atomic mass is 10.1. The highest BCUT2D eigenvalue weighted by Gasteiger charge is 2.29. The van der Waals surface area contributed by atoms with E-state index in [1.807, 2.05) is 6.07 Å². The van der Waals surface area contributed by atoms with E-state index in [2.05, 4.69) is 86.3 Å². The molecule has 0 fully saturated rings. The molecule has 0 unspecified atom stereocenters. The van der Waals surface area contributed by atoms with E-state index in [4.69, 9.17) is 4.98 Å². The second kappa shape index (κ2) is 5.24. The fraction of sp³-hybridized carbons (Fsp3) is 0.368. The minimum absolute atomic E-state index is 0.0105. The number of para-hydroxylation sites is 2. The minimum Gasteiger partial charge on any atom is -0.316 e. The quantitative estimate of drug-likeness (QED) is 0.645. The second-order valence-corrected chi connectivity index (χ2v) is 7.01. The van der Waals surface area contributed by atoms with Gasteiger partial charge in [0.15, 0.2) is 11.7 Å². The highest BCUT2D eigenvalue weighted by Crippen LogP contribution is 2.27. The van der Waals surface area contributed by atoms with Gasteiger partial charge in [-0.3, -0.25) is 0 Å². The summed E-state index contributed by atoms with van der Waals surface area (Å²) in [4.78, 5) is 4.92. The zero-order valence-electron chi connectivity index (χ0n) is 14.0. The van der Waals surface area contributed by atoms with E-state index in [0.717, 1.165) is 17.0 Å². The molecule has 3 aromatic rings. The Kier molecular flexibility index (Phi) is 3.51. The smallest absolute Gasteiger partial charge is 0.249 e. The normalized spacial score (nSPS) is 12.3. The van der Waals surface area contributed by atoms with Gasteiger partial charge in [-0.15, -0.1) is 0 Å². The monoisotopic (exact) mass is 294 g/mol. The summed E-state index contributed by atoms with van der Waals surface area (Å²) in [5.74, 6) is 1.03. The number of imidazole rings is 1. The molecule has 1 aromatic carbocycles. The molecule has 3 nitrogen and oxygen atoms in total. The Bertz CT molecular complexity index is 807. The second-order valence-electron chi connectivity index (χ2n) is 7.01. The average Bonchev–Trinajstić information content (AvgIpc) is 2.85. The molecule has 22 heavy (non-hydrogen) atoms. The number of hydrogen-bond acceptors (Lipinski definition) is 1. The van der Waals surface area contributed by atoms with Gasteiger partial charge in [0.25, 0.3) is 0 Å². The summed E-state index contributed by atoms with van der Waals surface area (Å²) in [5, 5.41) is 0. The lowest BCUT2D eigenvalue weighted by Gasteiger charge is -2.18. The fourth-order valence-corrected chi connectivity index (χ4v) is 2.96. The van der Waals surface area contributed by atoms with Crippen molar-refractivity contribution in [2.75, 3.05) is 0 Å². The summed E-state index contributed by atoms with van der Waals surface area (Å²) in [6.45, 7) is 11.1. The Morgan fingerprint density at radius 1 is 1.00 bits per heavy atom. The van der Waals surface area contributed by atoms with Gasteiger partial charge in [-0.1, -0.05) is 12.1 Å². The maximum atomic E-state index is 4.92. The molecule has 0 saturated heterocycles. The summed E-state index contributed by atoms with van der Waals surface area (Å²) < 4.78 is 4.62. The molecule has 0 spiro atoms. The molecule has 0 aliphatic carbocycles. The van der Waals surface area contributed by atoms with Crippen molar-refractivity contribution in [3.05, 3.63) is 48.7 Å². The Labute approximate surface area is 132 Å². The first kappa shape index (κ1) is 14.8. The van der Waals surface area contributed by atoms with E-state index >= 15 is 0 Å². The van der Waals surface area contributed by atoms with Crippen LogP contribution in [0.4, 0.5) is 0 Å². The van der Waals surface area contributed by atoms with Crippen molar-refractivity contribution in [2.45, 2.75) is 46.2 Å². The van der Waals surface area contributed by atoms with Crippen LogP contribution in [0.3, 0.4) is 0 Å². The SMILES string of the molecule is CC(C)n1c(-c2cccc[n+]2C(C)(C)C)nc2ccccc21. The molecule has 0 N–H and O–H groups in total. The fourth-order valence-electron chi connectivity index (χ4n) is 2.96. The molecule has 0 aliphatic heterocycles. The molecule has 0 atom stereocenters. The van der Waals surface area contributed by atoms with E-state index in [1.54, 1.807) is 0 Å². The van der Waals surface area contributed by atoms with Crippen molar-refractivity contribution in [3.63, 3.8) is 0 Å². The van der Waals surface area contributed by atoms with E-state index in [-0.39, 0.29) is 5.54 Å².